The van der Waals surface area contributed by atoms with Gasteiger partial charge in [0.05, 0.1) is 40.0 Å². The number of phosphoric ester groups is 1. The van der Waals surface area contributed by atoms with Crippen LogP contribution in [0.1, 0.15) is 11.8 Å². The number of hydrogen-bond donors (Lipinski definition) is 3. The third-order valence-corrected chi connectivity index (χ3v) is 10.1. The van der Waals surface area contributed by atoms with Crippen LogP contribution in [-0.2, 0) is 42.8 Å². The molecule has 0 bridgehead atoms. The van der Waals surface area contributed by atoms with E-state index in [4.69, 9.17) is 15.2 Å². The normalized spacial score (nSPS) is 21.5. The molecule has 1 fully saturated rings. The quantitative estimate of drug-likeness (QED) is 0.102. The Morgan fingerprint density at radius 1 is 1.04 bits per heavy atom. The summed E-state index contributed by atoms with van der Waals surface area (Å²) in [6.45, 7) is -1.09. The smallest absolute Gasteiger partial charge is 0.790 e. The van der Waals surface area contributed by atoms with Crippen LogP contribution < -0.4 is 116 Å². The fourth-order valence-electron chi connectivity index (χ4n) is 4.47. The van der Waals surface area contributed by atoms with Crippen molar-refractivity contribution in [2.45, 2.75) is 36.9 Å². The van der Waals surface area contributed by atoms with Crippen LogP contribution in [0.2, 0.25) is 0 Å². The van der Waals surface area contributed by atoms with Gasteiger partial charge in [0, 0.05) is 14.1 Å². The first-order valence-electron chi connectivity index (χ1n) is 13.0. The molecule has 1 saturated heterocycles. The SMILES string of the molecule is COc1ccc(CC(N)C(=O)NC2C(COP(=O)([O-])OP(=O)([O-])OP(=O)([O-])[O-])OC(n3cnc4c(N(C)C)ncnc43)C2O)cc1.[Li+].[Li+].[Li+].[Li+]. The van der Waals surface area contributed by atoms with Gasteiger partial charge in [0.15, 0.2) is 23.2 Å². The maximum absolute atomic E-state index is 13.1. The Balaban J connectivity index is 0.00000600. The summed E-state index contributed by atoms with van der Waals surface area (Å²) in [6, 6.07) is 4.08. The van der Waals surface area contributed by atoms with Crippen LogP contribution in [0.4, 0.5) is 5.82 Å². The largest absolute Gasteiger partial charge is 1.00 e. The second kappa shape index (κ2) is 20.3. The maximum atomic E-state index is 13.1. The van der Waals surface area contributed by atoms with Gasteiger partial charge in [-0.15, -0.1) is 0 Å². The van der Waals surface area contributed by atoms with Crippen molar-refractivity contribution in [3.63, 3.8) is 0 Å². The van der Waals surface area contributed by atoms with E-state index in [1.165, 1.54) is 24.3 Å². The van der Waals surface area contributed by atoms with Gasteiger partial charge in [0.1, 0.15) is 24.3 Å². The minimum atomic E-state index is -6.24. The van der Waals surface area contributed by atoms with Crippen molar-refractivity contribution in [3.05, 3.63) is 42.5 Å². The molecule has 0 aliphatic carbocycles. The second-order valence-corrected chi connectivity index (χ2v) is 14.2. The van der Waals surface area contributed by atoms with Gasteiger partial charge in [-0.2, -0.15) is 0 Å². The number of carbonyl (C=O) groups is 1. The summed E-state index contributed by atoms with van der Waals surface area (Å²) >= 11 is 0. The molecule has 1 aliphatic rings. The second-order valence-electron chi connectivity index (χ2n) is 9.97. The molecule has 0 saturated carbocycles. The Bertz CT molecular complexity index is 1710. The Labute approximate surface area is 333 Å². The van der Waals surface area contributed by atoms with Crippen molar-refractivity contribution < 1.29 is 141 Å². The standard InChI is InChI=1S/C22H32N7O14P3.4Li/c1-28(2)19-17-20(25-10-24-19)29(11-26-17)22-18(30)16(27-21(31)14(23)8-12-4-6-13(39-3)7-5-12)15(41-22)9-40-45(35,36)43-46(37,38)42-44(32,33)34;;;;/h4-7,10-11,14-16,18,22,30H,8-9,23H2,1-3H3,(H,27,31)(H,35,36)(H,37,38)(H2,32,33,34);;;;/q;4*+1/p-4. The molecule has 2 aromatic heterocycles. The Hall–Kier alpha value is -0.480. The number of nitrogens with one attached hydrogen (secondary N) is 1. The summed E-state index contributed by atoms with van der Waals surface area (Å²) in [5.41, 5.74) is 7.26. The molecule has 1 aliphatic heterocycles. The fourth-order valence-corrected chi connectivity index (χ4v) is 7.34. The molecule has 3 aromatic rings. The number of imidazole rings is 1. The van der Waals surface area contributed by atoms with Gasteiger partial charge in [0.2, 0.25) is 5.91 Å². The van der Waals surface area contributed by atoms with Crippen molar-refractivity contribution in [3.8, 4) is 5.75 Å². The molecular formula is C22H28Li4N7O14P3. The zero-order chi connectivity index (χ0) is 34.0. The minimum absolute atomic E-state index is 0. The van der Waals surface area contributed by atoms with Crippen LogP contribution in [-0.4, -0.2) is 82.6 Å². The van der Waals surface area contributed by atoms with Gasteiger partial charge in [0.25, 0.3) is 15.6 Å². The summed E-state index contributed by atoms with van der Waals surface area (Å²) in [4.78, 5) is 72.4. The molecule has 1 amide bonds. The topological polar surface area (TPSA) is 312 Å². The number of aromatic nitrogens is 4. The average molecular weight is 735 g/mol. The molecular weight excluding hydrogens is 707 g/mol. The van der Waals surface area contributed by atoms with Gasteiger partial charge in [-0.05, 0) is 24.1 Å². The molecule has 4 rings (SSSR count). The van der Waals surface area contributed by atoms with E-state index in [1.807, 2.05) is 0 Å². The summed E-state index contributed by atoms with van der Waals surface area (Å²) < 4.78 is 58.0. The molecule has 7 atom stereocenters. The molecule has 3 heterocycles. The Morgan fingerprint density at radius 2 is 1.66 bits per heavy atom. The number of aliphatic hydroxyl groups is 1. The monoisotopic (exact) mass is 735 g/mol. The van der Waals surface area contributed by atoms with Crippen molar-refractivity contribution >= 4 is 46.4 Å². The number of nitrogens with two attached hydrogens (primary N) is 1. The zero-order valence-electron chi connectivity index (χ0n) is 28.2. The molecule has 21 nitrogen and oxygen atoms in total. The van der Waals surface area contributed by atoms with Gasteiger partial charge in [-0.3, -0.25) is 22.8 Å². The molecule has 28 heteroatoms. The summed E-state index contributed by atoms with van der Waals surface area (Å²) in [5.74, 6) is 0.203. The van der Waals surface area contributed by atoms with Crippen LogP contribution in [0.15, 0.2) is 36.9 Å². The predicted molar refractivity (Wildman–Crippen MR) is 147 cm³/mol. The van der Waals surface area contributed by atoms with E-state index in [0.29, 0.717) is 22.6 Å². The number of rotatable bonds is 14. The molecule has 4 N–H and O–H groups in total. The molecule has 50 heavy (non-hydrogen) atoms. The molecule has 0 spiro atoms. The number of anilines is 1. The first-order chi connectivity index (χ1) is 21.4. The van der Waals surface area contributed by atoms with Crippen LogP contribution in [0, 0.1) is 0 Å². The van der Waals surface area contributed by atoms with Crippen LogP contribution in [0.3, 0.4) is 0 Å². The van der Waals surface area contributed by atoms with Gasteiger partial charge >= 0.3 is 75.4 Å². The first kappa shape index (κ1) is 49.5. The van der Waals surface area contributed by atoms with E-state index >= 15 is 0 Å². The Morgan fingerprint density at radius 3 is 2.22 bits per heavy atom. The number of fused-ring (bicyclic) bond motifs is 1. The van der Waals surface area contributed by atoms with Crippen molar-refractivity contribution in [1.82, 2.24) is 24.8 Å². The van der Waals surface area contributed by atoms with Crippen LogP contribution in [0.5, 0.6) is 5.75 Å². The van der Waals surface area contributed by atoms with E-state index in [1.54, 1.807) is 43.3 Å². The number of benzene rings is 1. The number of ether oxygens (including phenoxy) is 2. The van der Waals surface area contributed by atoms with Crippen molar-refractivity contribution in [2.75, 3.05) is 32.7 Å². The summed E-state index contributed by atoms with van der Waals surface area (Å²) in [6.07, 6.45) is -2.01. The average Bonchev–Trinajstić information content (AvgIpc) is 3.50. The third kappa shape index (κ3) is 13.1. The third-order valence-electron chi connectivity index (χ3n) is 6.47. The van der Waals surface area contributed by atoms with E-state index in [-0.39, 0.29) is 87.5 Å². The summed E-state index contributed by atoms with van der Waals surface area (Å²) in [7, 11) is -13.5. The number of nitrogens with zero attached hydrogens (tertiary/aromatic N) is 5. The number of phosphoric acid groups is 3. The summed E-state index contributed by atoms with van der Waals surface area (Å²) in [5, 5.41) is 13.8. The minimum Gasteiger partial charge on any atom is -0.790 e. The first-order valence-corrected chi connectivity index (χ1v) is 17.4. The molecule has 1 aromatic carbocycles. The maximum Gasteiger partial charge on any atom is 1.00 e. The number of hydrogen-bond acceptors (Lipinski definition) is 19. The van der Waals surface area contributed by atoms with E-state index in [9.17, 15) is 43.2 Å². The van der Waals surface area contributed by atoms with Crippen LogP contribution >= 0.6 is 23.5 Å². The van der Waals surface area contributed by atoms with Crippen molar-refractivity contribution in [2.24, 2.45) is 5.73 Å². The van der Waals surface area contributed by atoms with Crippen molar-refractivity contribution in [1.29, 1.82) is 0 Å². The molecule has 0 radical (unpaired) electrons. The molecule has 7 unspecified atom stereocenters. The zero-order valence-corrected chi connectivity index (χ0v) is 30.9. The Kier molecular flexibility index (Phi) is 20.1. The van der Waals surface area contributed by atoms with E-state index in [2.05, 4.69) is 33.4 Å². The molecule has 254 valence electrons. The van der Waals surface area contributed by atoms with Gasteiger partial charge in [-0.25, -0.2) is 19.3 Å². The van der Waals surface area contributed by atoms with E-state index < -0.39 is 66.5 Å². The van der Waals surface area contributed by atoms with Gasteiger partial charge in [-0.1, -0.05) is 12.1 Å². The number of amides is 1. The predicted octanol–water partition coefficient (Wildman–Crippen LogP) is -15.0. The van der Waals surface area contributed by atoms with E-state index in [0.717, 1.165) is 0 Å². The fraction of sp³-hybridized carbons (Fsp3) is 0.455. The number of carbonyl (C=O) groups excluding carboxylic acids is 1. The number of methoxy groups -OCH3 is 1. The van der Waals surface area contributed by atoms with Crippen LogP contribution in [0.25, 0.3) is 11.2 Å². The number of aliphatic hydroxyl groups excluding tert-OH is 1. The van der Waals surface area contributed by atoms with Gasteiger partial charge < -0.3 is 59.2 Å².